The van der Waals surface area contributed by atoms with E-state index in [0.29, 0.717) is 18.1 Å². The van der Waals surface area contributed by atoms with E-state index in [9.17, 15) is 4.79 Å². The number of carbonyl (C=O) groups excluding carboxylic acids is 1. The maximum atomic E-state index is 11.6. The van der Waals surface area contributed by atoms with Gasteiger partial charge in [-0.1, -0.05) is 36.4 Å². The molecule has 0 heterocycles. The topological polar surface area (TPSA) is 44.8 Å². The summed E-state index contributed by atoms with van der Waals surface area (Å²) in [6, 6.07) is 16.2. The molecule has 0 unspecified atom stereocenters. The van der Waals surface area contributed by atoms with Crippen molar-refractivity contribution < 1.29 is 19.0 Å². The van der Waals surface area contributed by atoms with Crippen LogP contribution in [0.25, 0.3) is 0 Å². The van der Waals surface area contributed by atoms with Gasteiger partial charge in [0.15, 0.2) is 0 Å². The van der Waals surface area contributed by atoms with Crippen LogP contribution >= 0.6 is 0 Å². The highest BCUT2D eigenvalue weighted by Crippen LogP contribution is 2.19. The van der Waals surface area contributed by atoms with Crippen LogP contribution in [0.2, 0.25) is 0 Å². The molecule has 0 amide bonds. The molecule has 0 spiro atoms. The van der Waals surface area contributed by atoms with Gasteiger partial charge < -0.3 is 14.2 Å². The first-order chi connectivity index (χ1) is 9.79. The van der Waals surface area contributed by atoms with Crippen molar-refractivity contribution in [2.75, 3.05) is 6.61 Å². The number of benzene rings is 2. The second kappa shape index (κ2) is 7.19. The Kier molecular flexibility index (Phi) is 5.00. The molecule has 0 saturated heterocycles. The quantitative estimate of drug-likeness (QED) is 0.613. The summed E-state index contributed by atoms with van der Waals surface area (Å²) in [5, 5.41) is 0. The normalized spacial score (nSPS) is 9.85. The van der Waals surface area contributed by atoms with Gasteiger partial charge in [-0.2, -0.15) is 0 Å². The molecule has 104 valence electrons. The smallest absolute Gasteiger partial charge is 0.493 e. The molecule has 2 aromatic rings. The number of ether oxygens (including phenoxy) is 3. The van der Waals surface area contributed by atoms with E-state index in [1.165, 1.54) is 0 Å². The van der Waals surface area contributed by atoms with Crippen LogP contribution in [0.1, 0.15) is 12.5 Å². The molecule has 0 aliphatic heterocycles. The van der Waals surface area contributed by atoms with Gasteiger partial charge >= 0.3 is 6.16 Å². The predicted octanol–water partition coefficient (Wildman–Crippen LogP) is 3.80. The zero-order valence-electron chi connectivity index (χ0n) is 11.2. The molecular weight excluding hydrogens is 256 g/mol. The summed E-state index contributed by atoms with van der Waals surface area (Å²) in [5.41, 5.74) is 0.805. The molecule has 0 aliphatic carbocycles. The van der Waals surface area contributed by atoms with Crippen molar-refractivity contribution in [2.45, 2.75) is 13.5 Å². The molecule has 0 radical (unpaired) electrons. The number of carbonyl (C=O) groups is 1. The van der Waals surface area contributed by atoms with Gasteiger partial charge in [0.05, 0.1) is 6.61 Å². The van der Waals surface area contributed by atoms with E-state index >= 15 is 0 Å². The molecule has 20 heavy (non-hydrogen) atoms. The Hall–Kier alpha value is -2.49. The molecule has 0 aliphatic rings. The lowest BCUT2D eigenvalue weighted by Crippen LogP contribution is -2.11. The van der Waals surface area contributed by atoms with E-state index in [2.05, 4.69) is 0 Å². The third-order valence-corrected chi connectivity index (χ3v) is 2.56. The van der Waals surface area contributed by atoms with E-state index in [1.807, 2.05) is 37.3 Å². The summed E-state index contributed by atoms with van der Waals surface area (Å²) in [5.74, 6) is 1.16. The Bertz CT molecular complexity index is 551. The van der Waals surface area contributed by atoms with Gasteiger partial charge in [-0.25, -0.2) is 4.79 Å². The minimum absolute atomic E-state index is 0.113. The predicted molar refractivity (Wildman–Crippen MR) is 74.9 cm³/mol. The van der Waals surface area contributed by atoms with Crippen LogP contribution in [-0.2, 0) is 11.3 Å². The Morgan fingerprint density at radius 1 is 1.00 bits per heavy atom. The van der Waals surface area contributed by atoms with Gasteiger partial charge in [0.2, 0.25) is 0 Å². The molecule has 0 N–H and O–H groups in total. The average molecular weight is 272 g/mol. The Balaban J connectivity index is 1.90. The number of hydrogen-bond donors (Lipinski definition) is 0. The van der Waals surface area contributed by atoms with E-state index in [1.54, 1.807) is 24.3 Å². The van der Waals surface area contributed by atoms with E-state index in [4.69, 9.17) is 14.2 Å². The van der Waals surface area contributed by atoms with E-state index < -0.39 is 6.16 Å². The van der Waals surface area contributed by atoms with Crippen LogP contribution in [0, 0.1) is 0 Å². The van der Waals surface area contributed by atoms with Crippen molar-refractivity contribution in [2.24, 2.45) is 0 Å². The maximum Gasteiger partial charge on any atom is 0.514 e. The summed E-state index contributed by atoms with van der Waals surface area (Å²) in [4.78, 5) is 11.6. The van der Waals surface area contributed by atoms with E-state index in [-0.39, 0.29) is 6.61 Å². The molecule has 0 fully saturated rings. The number of rotatable bonds is 5. The van der Waals surface area contributed by atoms with Gasteiger partial charge in [-0.3, -0.25) is 0 Å². The van der Waals surface area contributed by atoms with Gasteiger partial charge in [0.1, 0.15) is 18.1 Å². The second-order valence-corrected chi connectivity index (χ2v) is 3.99. The zero-order valence-corrected chi connectivity index (χ0v) is 11.2. The highest BCUT2D eigenvalue weighted by Gasteiger charge is 2.08. The summed E-state index contributed by atoms with van der Waals surface area (Å²) in [7, 11) is 0. The van der Waals surface area contributed by atoms with Crippen molar-refractivity contribution in [3.8, 4) is 11.5 Å². The fourth-order valence-electron chi connectivity index (χ4n) is 1.67. The lowest BCUT2D eigenvalue weighted by atomic mass is 10.2. The summed E-state index contributed by atoms with van der Waals surface area (Å²) in [6.07, 6.45) is -0.734. The summed E-state index contributed by atoms with van der Waals surface area (Å²) >= 11 is 0. The lowest BCUT2D eigenvalue weighted by Gasteiger charge is -2.10. The van der Waals surface area contributed by atoms with Gasteiger partial charge in [0, 0.05) is 5.56 Å². The zero-order chi connectivity index (χ0) is 14.2. The number of hydrogen-bond acceptors (Lipinski definition) is 4. The van der Waals surface area contributed by atoms with Crippen LogP contribution < -0.4 is 9.47 Å². The molecule has 0 bridgehead atoms. The van der Waals surface area contributed by atoms with Crippen LogP contribution in [0.5, 0.6) is 11.5 Å². The summed E-state index contributed by atoms with van der Waals surface area (Å²) < 4.78 is 15.6. The molecule has 4 nitrogen and oxygen atoms in total. The average Bonchev–Trinajstić information content (AvgIpc) is 2.48. The van der Waals surface area contributed by atoms with Crippen LogP contribution in [0.3, 0.4) is 0 Å². The Morgan fingerprint density at radius 2 is 1.70 bits per heavy atom. The van der Waals surface area contributed by atoms with Crippen molar-refractivity contribution in [3.63, 3.8) is 0 Å². The highest BCUT2D eigenvalue weighted by molar-refractivity contribution is 5.63. The third kappa shape index (κ3) is 4.02. The monoisotopic (exact) mass is 272 g/mol. The van der Waals surface area contributed by atoms with Crippen LogP contribution in [0.4, 0.5) is 4.79 Å². The maximum absolute atomic E-state index is 11.6. The number of para-hydroxylation sites is 2. The second-order valence-electron chi connectivity index (χ2n) is 3.99. The molecule has 4 heteroatoms. The van der Waals surface area contributed by atoms with E-state index in [0.717, 1.165) is 5.56 Å². The third-order valence-electron chi connectivity index (χ3n) is 2.56. The molecule has 0 atom stereocenters. The Labute approximate surface area is 117 Å². The minimum Gasteiger partial charge on any atom is -0.493 e. The summed E-state index contributed by atoms with van der Waals surface area (Å²) in [6.45, 7) is 2.58. The Morgan fingerprint density at radius 3 is 2.45 bits per heavy atom. The lowest BCUT2D eigenvalue weighted by molar-refractivity contribution is 0.0919. The van der Waals surface area contributed by atoms with Crippen molar-refractivity contribution >= 4 is 6.16 Å². The first-order valence-electron chi connectivity index (χ1n) is 6.40. The first-order valence-corrected chi connectivity index (χ1v) is 6.40. The highest BCUT2D eigenvalue weighted by atomic mass is 16.7. The largest absolute Gasteiger partial charge is 0.514 e. The minimum atomic E-state index is -0.734. The van der Waals surface area contributed by atoms with Crippen LogP contribution in [-0.4, -0.2) is 12.8 Å². The molecule has 0 aromatic heterocycles. The van der Waals surface area contributed by atoms with Crippen molar-refractivity contribution in [3.05, 3.63) is 60.2 Å². The SMILES string of the molecule is CCOc1ccccc1COC(=O)Oc1ccccc1. The van der Waals surface area contributed by atoms with Gasteiger partial charge in [0.25, 0.3) is 0 Å². The first kappa shape index (κ1) is 13.9. The molecule has 2 rings (SSSR count). The standard InChI is InChI=1S/C16H16O4/c1-2-18-15-11-7-6-8-13(15)12-19-16(17)20-14-9-4-3-5-10-14/h3-11H,2,12H2,1H3. The van der Waals surface area contributed by atoms with Crippen LogP contribution in [0.15, 0.2) is 54.6 Å². The van der Waals surface area contributed by atoms with Crippen molar-refractivity contribution in [1.29, 1.82) is 0 Å². The van der Waals surface area contributed by atoms with Crippen molar-refractivity contribution in [1.82, 2.24) is 0 Å². The molecule has 2 aromatic carbocycles. The van der Waals surface area contributed by atoms with Gasteiger partial charge in [-0.05, 0) is 25.1 Å². The fourth-order valence-corrected chi connectivity index (χ4v) is 1.67. The molecule has 0 saturated carbocycles. The van der Waals surface area contributed by atoms with Gasteiger partial charge in [-0.15, -0.1) is 0 Å². The molecular formula is C16H16O4. The fraction of sp³-hybridized carbons (Fsp3) is 0.188.